The number of carbonyl (C=O) groups excluding carboxylic acids is 1. The van der Waals surface area contributed by atoms with E-state index in [4.69, 9.17) is 12.6 Å². The Morgan fingerprint density at radius 1 is 1.40 bits per heavy atom. The van der Waals surface area contributed by atoms with Crippen LogP contribution in [0.3, 0.4) is 0 Å². The number of phenols is 1. The van der Waals surface area contributed by atoms with Gasteiger partial charge in [0.15, 0.2) is 0 Å². The molecule has 1 aromatic carbocycles. The molecule has 2 heterocycles. The van der Waals surface area contributed by atoms with Crippen molar-refractivity contribution in [3.63, 3.8) is 0 Å². The number of fused-ring (bicyclic) bond motifs is 1. The zero-order valence-electron chi connectivity index (χ0n) is 10.6. The van der Waals surface area contributed by atoms with Crippen LogP contribution in [-0.2, 0) is 0 Å². The van der Waals surface area contributed by atoms with E-state index in [0.717, 1.165) is 0 Å². The molecule has 0 saturated carbocycles. The van der Waals surface area contributed by atoms with Crippen molar-refractivity contribution >= 4 is 24.9 Å². The second-order valence-electron chi connectivity index (χ2n) is 4.42. The van der Waals surface area contributed by atoms with Crippen LogP contribution in [-0.4, -0.2) is 37.0 Å². The number of hydrogen-bond acceptors (Lipinski definition) is 4. The molecule has 6 heteroatoms. The molecule has 1 aromatic heterocycles. The van der Waals surface area contributed by atoms with Crippen molar-refractivity contribution in [2.75, 3.05) is 18.1 Å². The maximum absolute atomic E-state index is 12.5. The third kappa shape index (κ3) is 2.09. The smallest absolute Gasteiger partial charge is 0.258 e. The van der Waals surface area contributed by atoms with Gasteiger partial charge in [0.25, 0.3) is 5.91 Å². The zero-order chi connectivity index (χ0) is 14.1. The van der Waals surface area contributed by atoms with Crippen LogP contribution in [0.4, 0.5) is 5.69 Å². The highest BCUT2D eigenvalue weighted by molar-refractivity contribution is 6.34. The topological polar surface area (TPSA) is 62.7 Å². The molecule has 1 aliphatic rings. The van der Waals surface area contributed by atoms with Crippen LogP contribution < -0.4 is 15.1 Å². The van der Waals surface area contributed by atoms with Gasteiger partial charge in [-0.1, -0.05) is 11.5 Å². The molecular weight excluding hydrogens is 255 g/mol. The van der Waals surface area contributed by atoms with Crippen molar-refractivity contribution < 1.29 is 14.6 Å². The first-order valence-electron chi connectivity index (χ1n) is 6.14. The first-order chi connectivity index (χ1) is 9.66. The monoisotopic (exact) mass is 266 g/mol. The van der Waals surface area contributed by atoms with Gasteiger partial charge in [0.05, 0.1) is 12.7 Å². The second kappa shape index (κ2) is 4.88. The number of pyridine rings is 1. The summed E-state index contributed by atoms with van der Waals surface area (Å²) in [6.07, 6.45) is 3.21. The molecule has 0 saturated heterocycles. The van der Waals surface area contributed by atoms with E-state index in [1.807, 2.05) is 0 Å². The third-order valence-corrected chi connectivity index (χ3v) is 3.14. The zero-order valence-corrected chi connectivity index (χ0v) is 10.6. The lowest BCUT2D eigenvalue weighted by Gasteiger charge is -2.29. The number of benzene rings is 1. The van der Waals surface area contributed by atoms with Gasteiger partial charge in [0.1, 0.15) is 31.6 Å². The van der Waals surface area contributed by atoms with Gasteiger partial charge in [0, 0.05) is 17.8 Å². The van der Waals surface area contributed by atoms with Gasteiger partial charge >= 0.3 is 0 Å². The molecule has 1 amide bonds. The summed E-state index contributed by atoms with van der Waals surface area (Å²) in [5.41, 5.74) is 1.22. The molecule has 2 aromatic rings. The maximum atomic E-state index is 12.5. The van der Waals surface area contributed by atoms with Gasteiger partial charge in [-0.2, -0.15) is 0 Å². The van der Waals surface area contributed by atoms with E-state index in [1.54, 1.807) is 29.4 Å². The van der Waals surface area contributed by atoms with Crippen molar-refractivity contribution in [3.8, 4) is 11.5 Å². The fourth-order valence-corrected chi connectivity index (χ4v) is 2.12. The van der Waals surface area contributed by atoms with Crippen molar-refractivity contribution in [1.29, 1.82) is 0 Å². The Morgan fingerprint density at radius 3 is 3.05 bits per heavy atom. The van der Waals surface area contributed by atoms with E-state index in [9.17, 15) is 9.90 Å². The minimum atomic E-state index is -0.200. The lowest BCUT2D eigenvalue weighted by molar-refractivity contribution is 0.0976. The Hall–Kier alpha value is -2.50. The maximum Gasteiger partial charge on any atom is 0.258 e. The summed E-state index contributed by atoms with van der Waals surface area (Å²) in [7, 11) is 5.62. The number of phenolic OH excluding ortho intramolecular Hbond substituents is 1. The molecule has 1 N–H and O–H groups in total. The molecule has 0 fully saturated rings. The van der Waals surface area contributed by atoms with Crippen LogP contribution in [0.15, 0.2) is 36.7 Å². The molecule has 0 bridgehead atoms. The molecular formula is C14H11BN2O3. The molecule has 98 valence electrons. The Bertz CT molecular complexity index is 675. The fraction of sp³-hybridized carbons (Fsp3) is 0.143. The predicted octanol–water partition coefficient (Wildman–Crippen LogP) is 0.620. The normalized spacial score (nSPS) is 13.5. The van der Waals surface area contributed by atoms with Crippen molar-refractivity contribution in [2.24, 2.45) is 0 Å². The Labute approximate surface area is 117 Å². The van der Waals surface area contributed by atoms with Gasteiger partial charge in [-0.05, 0) is 12.1 Å². The Balaban J connectivity index is 1.97. The van der Waals surface area contributed by atoms with Gasteiger partial charge in [-0.15, -0.1) is 0 Å². The third-order valence-electron chi connectivity index (χ3n) is 3.14. The van der Waals surface area contributed by atoms with Gasteiger partial charge in [-0.25, -0.2) is 0 Å². The van der Waals surface area contributed by atoms with Crippen LogP contribution >= 0.6 is 0 Å². The number of hydrogen-bond donors (Lipinski definition) is 1. The lowest BCUT2D eigenvalue weighted by Crippen LogP contribution is -2.38. The fourth-order valence-electron chi connectivity index (χ4n) is 2.12. The highest BCUT2D eigenvalue weighted by Crippen LogP contribution is 2.31. The van der Waals surface area contributed by atoms with Gasteiger partial charge in [-0.3, -0.25) is 9.78 Å². The first-order valence-corrected chi connectivity index (χ1v) is 6.14. The predicted molar refractivity (Wildman–Crippen MR) is 74.9 cm³/mol. The summed E-state index contributed by atoms with van der Waals surface area (Å²) in [6, 6.07) is 6.13. The average Bonchev–Trinajstić information content (AvgIpc) is 2.49. The Morgan fingerprint density at radius 2 is 2.25 bits per heavy atom. The molecule has 0 atom stereocenters. The van der Waals surface area contributed by atoms with Crippen LogP contribution in [0.25, 0.3) is 0 Å². The van der Waals surface area contributed by atoms with Crippen molar-refractivity contribution in [2.45, 2.75) is 0 Å². The Kier molecular flexibility index (Phi) is 3.06. The number of ether oxygens (including phenoxy) is 1. The molecule has 2 radical (unpaired) electrons. The first kappa shape index (κ1) is 12.5. The van der Waals surface area contributed by atoms with Crippen molar-refractivity contribution in [3.05, 3.63) is 42.2 Å². The number of aromatic hydroxyl groups is 1. The van der Waals surface area contributed by atoms with E-state index in [-0.39, 0.29) is 17.1 Å². The number of nitrogens with zero attached hydrogens (tertiary/aromatic N) is 2. The highest BCUT2D eigenvalue weighted by atomic mass is 16.5. The minimum absolute atomic E-state index is 0.0365. The van der Waals surface area contributed by atoms with E-state index in [2.05, 4.69) is 4.98 Å². The summed E-state index contributed by atoms with van der Waals surface area (Å²) in [5.74, 6) is 0.395. The largest absolute Gasteiger partial charge is 0.509 e. The lowest BCUT2D eigenvalue weighted by atomic mass is 9.93. The van der Waals surface area contributed by atoms with Crippen LogP contribution in [0.1, 0.15) is 10.4 Å². The molecule has 0 aliphatic carbocycles. The van der Waals surface area contributed by atoms with Crippen LogP contribution in [0, 0.1) is 0 Å². The van der Waals surface area contributed by atoms with Crippen LogP contribution in [0.5, 0.6) is 11.5 Å². The minimum Gasteiger partial charge on any atom is -0.509 e. The summed E-state index contributed by atoms with van der Waals surface area (Å²) >= 11 is 0. The summed E-state index contributed by atoms with van der Waals surface area (Å²) in [4.78, 5) is 18.1. The molecule has 5 nitrogen and oxygen atoms in total. The SMILES string of the molecule is [B]c1cc(C(=O)N2CCOc3ccncc32)ccc1O. The number of amides is 1. The summed E-state index contributed by atoms with van der Waals surface area (Å²) in [5, 5.41) is 9.41. The quantitative estimate of drug-likeness (QED) is 0.768. The van der Waals surface area contributed by atoms with Gasteiger partial charge < -0.3 is 14.7 Å². The summed E-state index contributed by atoms with van der Waals surface area (Å²) < 4.78 is 5.48. The molecule has 3 rings (SSSR count). The number of carbonyl (C=O) groups is 1. The number of anilines is 1. The van der Waals surface area contributed by atoms with Gasteiger partial charge in [0.2, 0.25) is 0 Å². The molecule has 0 spiro atoms. The van der Waals surface area contributed by atoms with Crippen molar-refractivity contribution in [1.82, 2.24) is 4.98 Å². The average molecular weight is 266 g/mol. The van der Waals surface area contributed by atoms with E-state index < -0.39 is 0 Å². The van der Waals surface area contributed by atoms with Crippen LogP contribution in [0.2, 0.25) is 0 Å². The highest BCUT2D eigenvalue weighted by Gasteiger charge is 2.24. The standard InChI is InChI=1S/C14H11BN2O3/c15-10-7-9(1-2-12(10)18)14(19)17-5-6-20-13-3-4-16-8-11(13)17/h1-4,7-8,18H,5-6H2. The number of aromatic nitrogens is 1. The molecule has 1 aliphatic heterocycles. The number of rotatable bonds is 1. The summed E-state index contributed by atoms with van der Waals surface area (Å²) in [6.45, 7) is 0.870. The molecule has 0 unspecified atom stereocenters. The molecule has 20 heavy (non-hydrogen) atoms. The van der Waals surface area contributed by atoms with E-state index in [0.29, 0.717) is 30.2 Å². The second-order valence-corrected chi connectivity index (χ2v) is 4.42. The van der Waals surface area contributed by atoms with E-state index >= 15 is 0 Å². The van der Waals surface area contributed by atoms with E-state index in [1.165, 1.54) is 12.1 Å².